The van der Waals surface area contributed by atoms with Crippen LogP contribution in [0, 0.1) is 4.91 Å². The molecule has 1 aliphatic rings. The molecule has 0 atom stereocenters. The van der Waals surface area contributed by atoms with Gasteiger partial charge in [-0.1, -0.05) is 0 Å². The molecule has 0 fully saturated rings. The third-order valence-electron chi connectivity index (χ3n) is 0.835. The van der Waals surface area contributed by atoms with Gasteiger partial charge in [0, 0.05) is 9.67 Å². The lowest BCUT2D eigenvalue weighted by molar-refractivity contribution is -0.481. The Bertz CT molecular complexity index is 108. The molecule has 1 heterocycles. The summed E-state index contributed by atoms with van der Waals surface area (Å²) in [6, 6.07) is 0. The fraction of sp³-hybridized carbons (Fsp3) is 0.500. The van der Waals surface area contributed by atoms with Crippen molar-refractivity contribution in [1.29, 1.82) is 0 Å². The van der Waals surface area contributed by atoms with E-state index in [1.54, 1.807) is 6.20 Å². The summed E-state index contributed by atoms with van der Waals surface area (Å²) in [4.78, 5) is 10.3. The van der Waals surface area contributed by atoms with Crippen LogP contribution < -0.4 is 5.32 Å². The van der Waals surface area contributed by atoms with E-state index in [-0.39, 0.29) is 0 Å². The molecule has 0 bridgehead atoms. The van der Waals surface area contributed by atoms with Crippen LogP contribution in [0.25, 0.3) is 0 Å². The first-order chi connectivity index (χ1) is 3.39. The largest absolute Gasteiger partial charge is 0.380 e. The zero-order valence-electron chi connectivity index (χ0n) is 3.92. The van der Waals surface area contributed by atoms with E-state index in [1.165, 1.54) is 6.20 Å². The minimum absolute atomic E-state index is 0.566. The molecular formula is C4H7N2O+. The fourth-order valence-corrected chi connectivity index (χ4v) is 0.468. The molecule has 3 heteroatoms. The van der Waals surface area contributed by atoms with Crippen molar-refractivity contribution in [1.82, 2.24) is 5.32 Å². The van der Waals surface area contributed by atoms with Gasteiger partial charge in [-0.05, 0) is 0 Å². The highest BCUT2D eigenvalue weighted by Crippen LogP contribution is 1.79. The molecule has 0 saturated heterocycles. The predicted octanol–water partition coefficient (Wildman–Crippen LogP) is -0.160. The lowest BCUT2D eigenvalue weighted by atomic mass is 10.5. The Hall–Kier alpha value is -0.860. The van der Waals surface area contributed by atoms with E-state index in [9.17, 15) is 4.91 Å². The summed E-state index contributed by atoms with van der Waals surface area (Å²) >= 11 is 0. The smallest absolute Gasteiger partial charge is 0.236 e. The Morgan fingerprint density at radius 1 is 1.71 bits per heavy atom. The molecule has 1 aliphatic heterocycles. The van der Waals surface area contributed by atoms with Gasteiger partial charge in [0.2, 0.25) is 12.7 Å². The maximum atomic E-state index is 10.3. The van der Waals surface area contributed by atoms with Crippen LogP contribution >= 0.6 is 0 Å². The maximum Gasteiger partial charge on any atom is 0.236 e. The zero-order chi connectivity index (χ0) is 5.11. The highest BCUT2D eigenvalue weighted by molar-refractivity contribution is 4.72. The lowest BCUT2D eigenvalue weighted by Gasteiger charge is -1.95. The number of hydrogen-bond acceptors (Lipinski definition) is 2. The van der Waals surface area contributed by atoms with E-state index in [0.717, 1.165) is 11.3 Å². The van der Waals surface area contributed by atoms with E-state index in [0.29, 0.717) is 6.54 Å². The first-order valence-electron chi connectivity index (χ1n) is 2.23. The van der Waals surface area contributed by atoms with Gasteiger partial charge in [-0.25, -0.2) is 0 Å². The molecule has 1 N–H and O–H groups in total. The van der Waals surface area contributed by atoms with Crippen molar-refractivity contribution in [2.75, 3.05) is 13.1 Å². The van der Waals surface area contributed by atoms with E-state index in [1.807, 2.05) is 0 Å². The van der Waals surface area contributed by atoms with Crippen molar-refractivity contribution in [3.8, 4) is 0 Å². The van der Waals surface area contributed by atoms with Gasteiger partial charge in [0.1, 0.15) is 0 Å². The summed E-state index contributed by atoms with van der Waals surface area (Å²) in [5.41, 5.74) is 0. The summed E-state index contributed by atoms with van der Waals surface area (Å²) in [6.07, 6.45) is 3.12. The summed E-state index contributed by atoms with van der Waals surface area (Å²) in [5, 5.41) is 2.89. The molecule has 0 saturated carbocycles. The SMILES string of the molecule is O=[N+]1C=CNCC1. The number of hydrogen-bond donors (Lipinski definition) is 1. The highest BCUT2D eigenvalue weighted by atomic mass is 16.3. The van der Waals surface area contributed by atoms with Gasteiger partial charge in [-0.3, -0.25) is 0 Å². The van der Waals surface area contributed by atoms with Crippen LogP contribution in [0.15, 0.2) is 12.4 Å². The van der Waals surface area contributed by atoms with Crippen molar-refractivity contribution in [2.24, 2.45) is 0 Å². The Morgan fingerprint density at radius 2 is 2.57 bits per heavy atom. The molecule has 0 spiro atoms. The van der Waals surface area contributed by atoms with Gasteiger partial charge in [0.15, 0.2) is 0 Å². The summed E-state index contributed by atoms with van der Waals surface area (Å²) in [7, 11) is 0. The molecule has 1 rings (SSSR count). The maximum absolute atomic E-state index is 10.3. The molecule has 0 aliphatic carbocycles. The van der Waals surface area contributed by atoms with Crippen molar-refractivity contribution >= 4 is 0 Å². The molecule has 0 aromatic rings. The molecule has 0 unspecified atom stereocenters. The second-order valence-electron chi connectivity index (χ2n) is 1.41. The van der Waals surface area contributed by atoms with E-state index >= 15 is 0 Å². The molecule has 7 heavy (non-hydrogen) atoms. The average molecular weight is 99.1 g/mol. The number of nitroso groups, excluding NO2 is 1. The molecule has 0 aromatic carbocycles. The second kappa shape index (κ2) is 1.73. The average Bonchev–Trinajstić information content (AvgIpc) is 1.69. The second-order valence-corrected chi connectivity index (χ2v) is 1.41. The van der Waals surface area contributed by atoms with Crippen LogP contribution in [0.1, 0.15) is 0 Å². The zero-order valence-corrected chi connectivity index (χ0v) is 3.92. The van der Waals surface area contributed by atoms with Crippen LogP contribution in [0.3, 0.4) is 0 Å². The van der Waals surface area contributed by atoms with Crippen molar-refractivity contribution in [2.45, 2.75) is 0 Å². The van der Waals surface area contributed by atoms with E-state index < -0.39 is 0 Å². The number of rotatable bonds is 0. The Balaban J connectivity index is 2.51. The third-order valence-corrected chi connectivity index (χ3v) is 0.835. The Morgan fingerprint density at radius 3 is 2.86 bits per heavy atom. The van der Waals surface area contributed by atoms with Crippen molar-refractivity contribution < 1.29 is 4.76 Å². The van der Waals surface area contributed by atoms with Gasteiger partial charge >= 0.3 is 0 Å². The highest BCUT2D eigenvalue weighted by Gasteiger charge is 2.04. The van der Waals surface area contributed by atoms with Crippen molar-refractivity contribution in [3.63, 3.8) is 0 Å². The van der Waals surface area contributed by atoms with Crippen LogP contribution in [-0.4, -0.2) is 17.8 Å². The molecule has 0 radical (unpaired) electrons. The third kappa shape index (κ3) is 0.994. The monoisotopic (exact) mass is 99.1 g/mol. The number of nitrogens with zero attached hydrogens (tertiary/aromatic N) is 1. The van der Waals surface area contributed by atoms with Gasteiger partial charge < -0.3 is 5.32 Å². The van der Waals surface area contributed by atoms with Crippen LogP contribution in [0.2, 0.25) is 0 Å². The first-order valence-corrected chi connectivity index (χ1v) is 2.23. The molecule has 0 amide bonds. The molecule has 38 valence electrons. The lowest BCUT2D eigenvalue weighted by Crippen LogP contribution is -2.22. The van der Waals surface area contributed by atoms with Gasteiger partial charge in [0.25, 0.3) is 0 Å². The van der Waals surface area contributed by atoms with E-state index in [2.05, 4.69) is 5.32 Å². The van der Waals surface area contributed by atoms with Crippen LogP contribution in [0.4, 0.5) is 0 Å². The fourth-order valence-electron chi connectivity index (χ4n) is 0.468. The topological polar surface area (TPSA) is 32.1 Å². The normalized spacial score (nSPS) is 19.1. The minimum atomic E-state index is 0.566. The first kappa shape index (κ1) is 4.30. The van der Waals surface area contributed by atoms with Crippen LogP contribution in [-0.2, 0) is 0 Å². The molecule has 0 aromatic heterocycles. The Labute approximate surface area is 41.6 Å². The summed E-state index contributed by atoms with van der Waals surface area (Å²) < 4.78 is 0.899. The molecular weight excluding hydrogens is 92.1 g/mol. The van der Waals surface area contributed by atoms with E-state index in [4.69, 9.17) is 0 Å². The molecule has 3 nitrogen and oxygen atoms in total. The minimum Gasteiger partial charge on any atom is -0.380 e. The van der Waals surface area contributed by atoms with Gasteiger partial charge in [-0.15, -0.1) is 0 Å². The van der Waals surface area contributed by atoms with Crippen molar-refractivity contribution in [3.05, 3.63) is 17.3 Å². The standard InChI is InChI=1S/C4H7N2O/c7-6-3-1-5-2-4-6/h1,3,5H,2,4H2/q+1. The summed E-state index contributed by atoms with van der Waals surface area (Å²) in [5.74, 6) is 0. The van der Waals surface area contributed by atoms with Gasteiger partial charge in [0.05, 0.1) is 12.7 Å². The summed E-state index contributed by atoms with van der Waals surface area (Å²) in [6.45, 7) is 1.33. The van der Waals surface area contributed by atoms with Gasteiger partial charge in [-0.2, -0.15) is 0 Å². The van der Waals surface area contributed by atoms with Crippen LogP contribution in [0.5, 0.6) is 0 Å². The number of nitrogens with one attached hydrogen (secondary N) is 1. The Kier molecular flexibility index (Phi) is 1.06. The quantitative estimate of drug-likeness (QED) is 0.428. The predicted molar refractivity (Wildman–Crippen MR) is 25.6 cm³/mol.